The van der Waals surface area contributed by atoms with Crippen molar-refractivity contribution in [3.63, 3.8) is 0 Å². The van der Waals surface area contributed by atoms with Crippen molar-refractivity contribution < 1.29 is 44.0 Å². The predicted octanol–water partition coefficient (Wildman–Crippen LogP) is -2.58. The molecule has 0 radical (unpaired) electrons. The van der Waals surface area contributed by atoms with Crippen LogP contribution in [0.5, 0.6) is 0 Å². The molecular weight excluding hydrogens is 440 g/mol. The maximum Gasteiger partial charge on any atom is 0.317 e. The third-order valence-electron chi connectivity index (χ3n) is 5.47. The minimum atomic E-state index is -0.968. The Morgan fingerprint density at radius 2 is 1.21 bits per heavy atom. The second-order valence-corrected chi connectivity index (χ2v) is 7.75. The summed E-state index contributed by atoms with van der Waals surface area (Å²) in [7, 11) is 1.00. The molecule has 13 nitrogen and oxygen atoms in total. The maximum absolute atomic E-state index is 11.7. The molecule has 188 valence electrons. The molecule has 13 heteroatoms. The number of aliphatic carboxylic acids is 2. The average Bonchev–Trinajstić information content (AvgIpc) is 2.73. The zero-order chi connectivity index (χ0) is 24.8. The van der Waals surface area contributed by atoms with Crippen LogP contribution >= 0.6 is 0 Å². The summed E-state index contributed by atoms with van der Waals surface area (Å²) in [6.45, 7) is 3.19. The third-order valence-corrected chi connectivity index (χ3v) is 5.47. The van der Waals surface area contributed by atoms with Gasteiger partial charge in [0.25, 0.3) is 0 Å². The lowest BCUT2D eigenvalue weighted by atomic mass is 10.1. The fraction of sp³-hybridized carbons (Fsp3) is 0.750. The summed E-state index contributed by atoms with van der Waals surface area (Å²) in [5, 5.41) is 25.5. The highest BCUT2D eigenvalue weighted by Crippen LogP contribution is 2.17. The topological polar surface area (TPSA) is 168 Å². The molecule has 2 rings (SSSR count). The number of rotatable bonds is 7. The zero-order valence-electron chi connectivity index (χ0n) is 18.9. The van der Waals surface area contributed by atoms with Crippen LogP contribution in [-0.2, 0) is 28.7 Å². The van der Waals surface area contributed by atoms with E-state index < -0.39 is 23.9 Å². The van der Waals surface area contributed by atoms with Crippen molar-refractivity contribution in [2.75, 3.05) is 79.1 Å². The molecule has 0 aromatic heterocycles. The van der Waals surface area contributed by atoms with E-state index in [-0.39, 0.29) is 38.5 Å². The Bertz CT molecular complexity index is 628. The first-order chi connectivity index (χ1) is 15.8. The second-order valence-electron chi connectivity index (χ2n) is 7.75. The van der Waals surface area contributed by atoms with E-state index in [0.717, 1.165) is 13.4 Å². The van der Waals surface area contributed by atoms with Gasteiger partial charge in [0, 0.05) is 65.5 Å². The van der Waals surface area contributed by atoms with E-state index in [1.165, 1.54) is 0 Å². The molecule has 0 atom stereocenters. The lowest BCUT2D eigenvalue weighted by Crippen LogP contribution is -2.51. The molecule has 0 bridgehead atoms. The maximum atomic E-state index is 11.7. The summed E-state index contributed by atoms with van der Waals surface area (Å²) in [5.41, 5.74) is 0. The summed E-state index contributed by atoms with van der Waals surface area (Å²) in [6, 6.07) is -0.374. The Morgan fingerprint density at radius 3 is 1.61 bits per heavy atom. The number of hydrogen-bond acceptors (Lipinski definition) is 11. The quantitative estimate of drug-likeness (QED) is 0.200. The van der Waals surface area contributed by atoms with Crippen LogP contribution in [0, 0.1) is 0 Å². The molecule has 0 aromatic carbocycles. The Kier molecular flexibility index (Phi) is 13.3. The number of carboxylic acid groups (broad SMARTS) is 2. The third kappa shape index (κ3) is 11.3. The van der Waals surface area contributed by atoms with E-state index in [2.05, 4.69) is 4.74 Å². The van der Waals surface area contributed by atoms with Gasteiger partial charge in [-0.05, 0) is 0 Å². The number of carboxylic acids is 2. The molecule has 2 saturated heterocycles. The summed E-state index contributed by atoms with van der Waals surface area (Å²) in [6.07, 6.45) is 0.878. The van der Waals surface area contributed by atoms with Crippen LogP contribution < -0.4 is 0 Å². The van der Waals surface area contributed by atoms with E-state index in [9.17, 15) is 34.2 Å². The van der Waals surface area contributed by atoms with Gasteiger partial charge >= 0.3 is 23.9 Å². The molecule has 0 aromatic rings. The SMILES string of the molecule is CO.O=CCN1CCN(CC(=O)O)CCN(C2CC(=O)OC(=O)C2)CCN(CC(=O)O)CC1. The van der Waals surface area contributed by atoms with Gasteiger partial charge in [0.2, 0.25) is 0 Å². The molecule has 0 spiro atoms. The number of hydrogen-bond donors (Lipinski definition) is 3. The minimum Gasteiger partial charge on any atom is -0.480 e. The molecule has 2 heterocycles. The van der Waals surface area contributed by atoms with E-state index in [4.69, 9.17) is 5.11 Å². The summed E-state index contributed by atoms with van der Waals surface area (Å²) in [4.78, 5) is 64.4. The lowest BCUT2D eigenvalue weighted by Gasteiger charge is -2.37. The first-order valence-corrected chi connectivity index (χ1v) is 10.7. The van der Waals surface area contributed by atoms with Crippen molar-refractivity contribution in [1.29, 1.82) is 0 Å². The highest BCUT2D eigenvalue weighted by atomic mass is 16.6. The minimum absolute atomic E-state index is 0.0523. The van der Waals surface area contributed by atoms with Gasteiger partial charge < -0.3 is 24.9 Å². The van der Waals surface area contributed by atoms with Crippen molar-refractivity contribution in [3.8, 4) is 0 Å². The van der Waals surface area contributed by atoms with Crippen LogP contribution in [0.3, 0.4) is 0 Å². The van der Waals surface area contributed by atoms with Crippen molar-refractivity contribution in [3.05, 3.63) is 0 Å². The molecule has 0 saturated carbocycles. The van der Waals surface area contributed by atoms with Crippen molar-refractivity contribution in [2.24, 2.45) is 0 Å². The van der Waals surface area contributed by atoms with Gasteiger partial charge in [-0.2, -0.15) is 0 Å². The number of carbonyl (C=O) groups is 5. The molecule has 0 unspecified atom stereocenters. The number of carbonyl (C=O) groups excluding carboxylic acids is 3. The molecular formula is C20H34N4O9. The van der Waals surface area contributed by atoms with Crippen molar-refractivity contribution in [2.45, 2.75) is 18.9 Å². The normalized spacial score (nSPS) is 21.2. The van der Waals surface area contributed by atoms with Gasteiger partial charge in [0.1, 0.15) is 6.29 Å². The highest BCUT2D eigenvalue weighted by molar-refractivity contribution is 5.89. The summed E-state index contributed by atoms with van der Waals surface area (Å²) < 4.78 is 4.61. The van der Waals surface area contributed by atoms with Crippen molar-refractivity contribution >= 4 is 30.2 Å². The Labute approximate surface area is 192 Å². The number of cyclic esters (lactones) is 2. The number of aliphatic hydroxyl groups excluding tert-OH is 1. The first-order valence-electron chi connectivity index (χ1n) is 10.7. The molecule has 0 aliphatic carbocycles. The monoisotopic (exact) mass is 474 g/mol. The number of aliphatic hydroxyl groups is 1. The van der Waals surface area contributed by atoms with Gasteiger partial charge in [0.15, 0.2) is 0 Å². The number of ether oxygens (including phenoxy) is 1. The van der Waals surface area contributed by atoms with Gasteiger partial charge in [-0.3, -0.25) is 38.8 Å². The van der Waals surface area contributed by atoms with Gasteiger partial charge in [0.05, 0.1) is 32.5 Å². The van der Waals surface area contributed by atoms with Crippen LogP contribution in [0.2, 0.25) is 0 Å². The van der Waals surface area contributed by atoms with Crippen LogP contribution in [0.25, 0.3) is 0 Å². The first kappa shape index (κ1) is 28.6. The van der Waals surface area contributed by atoms with Gasteiger partial charge in [-0.15, -0.1) is 0 Å². The second kappa shape index (κ2) is 15.4. The smallest absolute Gasteiger partial charge is 0.317 e. The molecule has 33 heavy (non-hydrogen) atoms. The van der Waals surface area contributed by atoms with Crippen LogP contribution in [0.1, 0.15) is 12.8 Å². The van der Waals surface area contributed by atoms with E-state index >= 15 is 0 Å². The number of esters is 2. The molecule has 2 aliphatic rings. The molecule has 3 N–H and O–H groups in total. The standard InChI is InChI=1S/C19H30N4O8.CH4O/c24-10-9-20-1-3-21(13-16(25)26)5-7-23(15-11-18(29)31-19(30)12-15)8-6-22(4-2-20)14-17(27)28;1-2/h10,15H,1-9,11-14H2,(H,25,26)(H,27,28);2H,1H3. The van der Waals surface area contributed by atoms with E-state index in [1.54, 1.807) is 9.80 Å². The number of nitrogens with zero attached hydrogens (tertiary/aromatic N) is 4. The van der Waals surface area contributed by atoms with Crippen LogP contribution in [-0.4, -0.2) is 150 Å². The highest BCUT2D eigenvalue weighted by Gasteiger charge is 2.32. The van der Waals surface area contributed by atoms with Crippen LogP contribution in [0.4, 0.5) is 0 Å². The van der Waals surface area contributed by atoms with Crippen LogP contribution in [0.15, 0.2) is 0 Å². The van der Waals surface area contributed by atoms with Crippen molar-refractivity contribution in [1.82, 2.24) is 19.6 Å². The fourth-order valence-electron chi connectivity index (χ4n) is 3.83. The Morgan fingerprint density at radius 1 is 0.818 bits per heavy atom. The Balaban J connectivity index is 0.00000265. The largest absolute Gasteiger partial charge is 0.480 e. The Hall–Kier alpha value is -2.45. The average molecular weight is 475 g/mol. The zero-order valence-corrected chi connectivity index (χ0v) is 18.9. The summed E-state index contributed by atoms with van der Waals surface area (Å²) >= 11 is 0. The number of aldehydes is 1. The summed E-state index contributed by atoms with van der Waals surface area (Å²) in [5.74, 6) is -3.13. The molecule has 2 fully saturated rings. The fourth-order valence-corrected chi connectivity index (χ4v) is 3.83. The molecule has 0 amide bonds. The van der Waals surface area contributed by atoms with E-state index in [1.807, 2.05) is 9.80 Å². The van der Waals surface area contributed by atoms with Gasteiger partial charge in [-0.1, -0.05) is 0 Å². The lowest BCUT2D eigenvalue weighted by molar-refractivity contribution is -0.166. The molecule has 2 aliphatic heterocycles. The van der Waals surface area contributed by atoms with E-state index in [0.29, 0.717) is 52.4 Å². The predicted molar refractivity (Wildman–Crippen MR) is 114 cm³/mol. The van der Waals surface area contributed by atoms with Gasteiger partial charge in [-0.25, -0.2) is 0 Å².